The number of aliphatic hydroxyl groups excluding tert-OH is 4. The fourth-order valence-corrected chi connectivity index (χ4v) is 5.91. The molecule has 1 saturated carbocycles. The number of hydrogen-bond donors (Lipinski definition) is 5. The first kappa shape index (κ1) is 30.5. The monoisotopic (exact) mass is 566 g/mol. The lowest BCUT2D eigenvalue weighted by molar-refractivity contribution is -0.322. The first-order valence-electron chi connectivity index (χ1n) is 14.2. The highest BCUT2D eigenvalue weighted by atomic mass is 16.7. The van der Waals surface area contributed by atoms with Crippen LogP contribution in [0.15, 0.2) is 16.7 Å². The number of aryl methyl sites for hydroxylation is 1. The van der Waals surface area contributed by atoms with Crippen molar-refractivity contribution in [2.75, 3.05) is 26.9 Å². The maximum Gasteiger partial charge on any atom is 0.306 e. The number of benzene rings is 1. The molecule has 1 aliphatic heterocycles. The number of aliphatic hydroxyl groups is 5. The van der Waals surface area contributed by atoms with Gasteiger partial charge in [-0.05, 0) is 56.6 Å². The van der Waals surface area contributed by atoms with Crippen LogP contribution in [0.25, 0.3) is 11.0 Å². The average molecular weight is 567 g/mol. The van der Waals surface area contributed by atoms with Crippen molar-refractivity contribution in [2.45, 2.75) is 101 Å². The molecule has 5 N–H and O–H groups in total. The highest BCUT2D eigenvalue weighted by molar-refractivity contribution is 5.90. The van der Waals surface area contributed by atoms with Crippen LogP contribution < -0.4 is 9.47 Å². The van der Waals surface area contributed by atoms with E-state index < -0.39 is 36.8 Å². The number of esters is 1. The minimum atomic E-state index is -2.14. The molecule has 40 heavy (non-hydrogen) atoms. The third kappa shape index (κ3) is 6.09. The van der Waals surface area contributed by atoms with E-state index in [1.54, 1.807) is 13.2 Å². The fourth-order valence-electron chi connectivity index (χ4n) is 5.91. The van der Waals surface area contributed by atoms with Crippen molar-refractivity contribution in [1.29, 1.82) is 0 Å². The van der Waals surface area contributed by atoms with Gasteiger partial charge in [-0.2, -0.15) is 0 Å². The van der Waals surface area contributed by atoms with Crippen molar-refractivity contribution >= 4 is 16.9 Å². The molecular formula is C29H42O11. The van der Waals surface area contributed by atoms with Gasteiger partial charge in [-0.3, -0.25) is 4.79 Å². The van der Waals surface area contributed by atoms with Crippen LogP contribution in [0, 0.1) is 0 Å². The SMILES string of the molecule is CCOC(=O)CCc1cc2c(C3CCCCC3)coc2c(OC)c1O[C@@H]1O[C@H](CO)[C@@H](O)[C@H](O)[C@]1(O)CCCO. The Kier molecular flexibility index (Phi) is 10.3. The van der Waals surface area contributed by atoms with Gasteiger partial charge in [-0.15, -0.1) is 0 Å². The normalized spacial score (nSPS) is 27.6. The Labute approximate surface area is 233 Å². The van der Waals surface area contributed by atoms with E-state index in [2.05, 4.69) is 0 Å². The zero-order chi connectivity index (χ0) is 28.9. The Morgan fingerprint density at radius 2 is 1.90 bits per heavy atom. The third-order valence-electron chi connectivity index (χ3n) is 8.10. The number of fused-ring (bicyclic) bond motifs is 1. The summed E-state index contributed by atoms with van der Waals surface area (Å²) in [5.74, 6) is 0.306. The molecule has 224 valence electrons. The Morgan fingerprint density at radius 1 is 1.15 bits per heavy atom. The lowest BCUT2D eigenvalue weighted by atomic mass is 9.83. The Balaban J connectivity index is 1.80. The van der Waals surface area contributed by atoms with Gasteiger partial charge in [0.15, 0.2) is 16.9 Å². The van der Waals surface area contributed by atoms with Gasteiger partial charge in [-0.25, -0.2) is 0 Å². The summed E-state index contributed by atoms with van der Waals surface area (Å²) in [6, 6.07) is 1.89. The molecule has 0 radical (unpaired) electrons. The molecule has 4 rings (SSSR count). The van der Waals surface area contributed by atoms with Gasteiger partial charge >= 0.3 is 5.97 Å². The molecule has 2 aromatic rings. The summed E-state index contributed by atoms with van der Waals surface area (Å²) in [6.45, 7) is 1.06. The van der Waals surface area contributed by atoms with Gasteiger partial charge in [-0.1, -0.05) is 19.3 Å². The van der Waals surface area contributed by atoms with E-state index in [9.17, 15) is 30.3 Å². The van der Waals surface area contributed by atoms with E-state index in [4.69, 9.17) is 23.4 Å². The molecule has 1 saturated heterocycles. The molecule has 0 bridgehead atoms. The zero-order valence-electron chi connectivity index (χ0n) is 23.2. The first-order valence-corrected chi connectivity index (χ1v) is 14.2. The van der Waals surface area contributed by atoms with Crippen LogP contribution in [-0.2, 0) is 20.7 Å². The number of methoxy groups -OCH3 is 1. The fraction of sp³-hybridized carbons (Fsp3) is 0.690. The van der Waals surface area contributed by atoms with E-state index in [1.807, 2.05) is 6.07 Å². The van der Waals surface area contributed by atoms with Gasteiger partial charge in [0.1, 0.15) is 18.3 Å². The van der Waals surface area contributed by atoms with Crippen LogP contribution in [-0.4, -0.2) is 88.6 Å². The molecule has 1 aromatic carbocycles. The molecule has 2 heterocycles. The largest absolute Gasteiger partial charge is 0.490 e. The van der Waals surface area contributed by atoms with Crippen molar-refractivity contribution in [1.82, 2.24) is 0 Å². The van der Waals surface area contributed by atoms with Gasteiger partial charge < -0.3 is 48.9 Å². The van der Waals surface area contributed by atoms with Crippen molar-refractivity contribution in [3.8, 4) is 11.5 Å². The maximum absolute atomic E-state index is 12.3. The number of hydrogen-bond acceptors (Lipinski definition) is 11. The summed E-state index contributed by atoms with van der Waals surface area (Å²) in [7, 11) is 1.45. The smallest absolute Gasteiger partial charge is 0.306 e. The summed E-state index contributed by atoms with van der Waals surface area (Å²) < 4.78 is 28.9. The summed E-state index contributed by atoms with van der Waals surface area (Å²) in [4.78, 5) is 12.3. The first-order chi connectivity index (χ1) is 19.3. The third-order valence-corrected chi connectivity index (χ3v) is 8.10. The zero-order valence-corrected chi connectivity index (χ0v) is 23.2. The molecule has 11 heteroatoms. The minimum Gasteiger partial charge on any atom is -0.490 e. The van der Waals surface area contributed by atoms with Crippen LogP contribution in [0.4, 0.5) is 0 Å². The van der Waals surface area contributed by atoms with Crippen LogP contribution in [0.1, 0.15) is 75.3 Å². The average Bonchev–Trinajstić information content (AvgIpc) is 3.39. The highest BCUT2D eigenvalue weighted by Gasteiger charge is 2.56. The second-order valence-electron chi connectivity index (χ2n) is 10.7. The number of ether oxygens (including phenoxy) is 4. The molecule has 0 unspecified atom stereocenters. The number of furan rings is 1. The lowest BCUT2D eigenvalue weighted by Crippen LogP contribution is -2.68. The van der Waals surface area contributed by atoms with E-state index in [0.717, 1.165) is 36.6 Å². The van der Waals surface area contributed by atoms with Gasteiger partial charge in [0.05, 0.1) is 26.6 Å². The molecule has 0 spiro atoms. The minimum absolute atomic E-state index is 0.0520. The maximum atomic E-state index is 12.3. The Bertz CT molecular complexity index is 1120. The van der Waals surface area contributed by atoms with E-state index >= 15 is 0 Å². The van der Waals surface area contributed by atoms with Crippen LogP contribution >= 0.6 is 0 Å². The number of carbonyl (C=O) groups is 1. The van der Waals surface area contributed by atoms with Crippen molar-refractivity contribution in [3.05, 3.63) is 23.5 Å². The molecule has 2 fully saturated rings. The molecule has 5 atom stereocenters. The summed E-state index contributed by atoms with van der Waals surface area (Å²) in [6.07, 6.45) is 1.35. The van der Waals surface area contributed by atoms with E-state index in [-0.39, 0.29) is 56.4 Å². The summed E-state index contributed by atoms with van der Waals surface area (Å²) in [5.41, 5.74) is -0.0657. The van der Waals surface area contributed by atoms with Crippen LogP contribution in [0.5, 0.6) is 11.5 Å². The molecule has 0 amide bonds. The predicted octanol–water partition coefficient (Wildman–Crippen LogP) is 2.31. The number of carbonyl (C=O) groups excluding carboxylic acids is 1. The molecular weight excluding hydrogens is 524 g/mol. The second kappa shape index (κ2) is 13.5. The Morgan fingerprint density at radius 3 is 2.55 bits per heavy atom. The molecule has 1 aliphatic carbocycles. The Hall–Kier alpha value is -2.41. The number of rotatable bonds is 12. The molecule has 11 nitrogen and oxygen atoms in total. The second-order valence-corrected chi connectivity index (χ2v) is 10.7. The topological polar surface area (TPSA) is 168 Å². The van der Waals surface area contributed by atoms with Crippen LogP contribution in [0.2, 0.25) is 0 Å². The van der Waals surface area contributed by atoms with Gasteiger partial charge in [0, 0.05) is 24.0 Å². The molecule has 2 aliphatic rings. The highest BCUT2D eigenvalue weighted by Crippen LogP contribution is 2.47. The van der Waals surface area contributed by atoms with E-state index in [1.165, 1.54) is 13.5 Å². The predicted molar refractivity (Wildman–Crippen MR) is 143 cm³/mol. The lowest BCUT2D eigenvalue weighted by Gasteiger charge is -2.47. The van der Waals surface area contributed by atoms with Crippen molar-refractivity contribution in [3.63, 3.8) is 0 Å². The standard InChI is InChI=1S/C29H42O11/c1-3-37-22(32)11-10-18-14-19-20(17-8-5-4-6-9-17)16-38-25(19)26(36-2)24(18)40-28-29(35,12-7-13-30)27(34)23(33)21(15-31)39-28/h14,16-17,21,23,27-28,30-31,33-35H,3-13,15H2,1-2H3/t21-,23-,27+,28+,29-/m1/s1. The summed E-state index contributed by atoms with van der Waals surface area (Å²) in [5, 5.41) is 52.9. The van der Waals surface area contributed by atoms with Gasteiger partial charge in [0.2, 0.25) is 12.0 Å². The van der Waals surface area contributed by atoms with Gasteiger partial charge in [0.25, 0.3) is 0 Å². The molecule has 1 aromatic heterocycles. The summed E-state index contributed by atoms with van der Waals surface area (Å²) >= 11 is 0. The van der Waals surface area contributed by atoms with Crippen molar-refractivity contribution in [2.24, 2.45) is 0 Å². The quantitative estimate of drug-likeness (QED) is 0.239. The van der Waals surface area contributed by atoms with Crippen molar-refractivity contribution < 1.29 is 53.7 Å². The van der Waals surface area contributed by atoms with Crippen LogP contribution in [0.3, 0.4) is 0 Å². The van der Waals surface area contributed by atoms with E-state index in [0.29, 0.717) is 17.1 Å².